The molecule has 0 spiro atoms. The maximum atomic E-state index is 13.2. The fourth-order valence-corrected chi connectivity index (χ4v) is 2.02. The van der Waals surface area contributed by atoms with E-state index in [-0.39, 0.29) is 0 Å². The summed E-state index contributed by atoms with van der Waals surface area (Å²) in [5.41, 5.74) is 0.438. The number of benzene rings is 1. The molecule has 0 saturated heterocycles. The maximum Gasteiger partial charge on any atom is 0.413 e. The third-order valence-electron chi connectivity index (χ3n) is 1.78. The SMILES string of the molecule is Cc1ccc(F)c(S(=O)(=O)NOCC(F)(F)F)c1. The van der Waals surface area contributed by atoms with Gasteiger partial charge in [0.1, 0.15) is 10.7 Å². The molecule has 0 bridgehead atoms. The van der Waals surface area contributed by atoms with E-state index in [0.29, 0.717) is 5.56 Å². The number of nitrogens with one attached hydrogen (secondary N) is 1. The van der Waals surface area contributed by atoms with Gasteiger partial charge in [-0.1, -0.05) is 11.0 Å². The molecule has 1 rings (SSSR count). The minimum atomic E-state index is -4.69. The van der Waals surface area contributed by atoms with Gasteiger partial charge in [0.2, 0.25) is 0 Å². The molecule has 0 atom stereocenters. The lowest BCUT2D eigenvalue weighted by Crippen LogP contribution is -2.30. The van der Waals surface area contributed by atoms with Crippen molar-refractivity contribution < 1.29 is 30.8 Å². The minimum Gasteiger partial charge on any atom is -0.277 e. The zero-order valence-electron chi connectivity index (χ0n) is 9.08. The van der Waals surface area contributed by atoms with Crippen LogP contribution < -0.4 is 4.89 Å². The standard InChI is InChI=1S/C9H9F4NO3S/c1-6-2-3-7(10)8(4-6)18(15,16)14-17-5-9(11,12)13/h2-4,14H,5H2,1H3. The van der Waals surface area contributed by atoms with Crippen LogP contribution >= 0.6 is 0 Å². The fraction of sp³-hybridized carbons (Fsp3) is 0.333. The Labute approximate surface area is 101 Å². The molecule has 0 aromatic heterocycles. The highest BCUT2D eigenvalue weighted by Gasteiger charge is 2.29. The molecule has 0 fully saturated rings. The summed E-state index contributed by atoms with van der Waals surface area (Å²) in [5, 5.41) is 0. The second-order valence-electron chi connectivity index (χ2n) is 3.42. The molecule has 1 N–H and O–H groups in total. The summed E-state index contributed by atoms with van der Waals surface area (Å²) in [4.78, 5) is 4.22. The lowest BCUT2D eigenvalue weighted by atomic mass is 10.2. The molecule has 0 unspecified atom stereocenters. The Hall–Kier alpha value is -1.19. The van der Waals surface area contributed by atoms with Crippen molar-refractivity contribution in [1.29, 1.82) is 0 Å². The Kier molecular flexibility index (Phi) is 4.30. The Bertz CT molecular complexity index is 527. The molecule has 1 aromatic carbocycles. The first-order valence-electron chi connectivity index (χ1n) is 4.58. The van der Waals surface area contributed by atoms with Gasteiger partial charge in [0, 0.05) is 0 Å². The van der Waals surface area contributed by atoms with Gasteiger partial charge in [-0.25, -0.2) is 12.8 Å². The van der Waals surface area contributed by atoms with Crippen LogP contribution in [0.25, 0.3) is 0 Å². The van der Waals surface area contributed by atoms with Gasteiger partial charge in [0.25, 0.3) is 10.0 Å². The highest BCUT2D eigenvalue weighted by Crippen LogP contribution is 2.17. The van der Waals surface area contributed by atoms with Crippen LogP contribution in [0.3, 0.4) is 0 Å². The Balaban J connectivity index is 2.84. The number of hydrogen-bond acceptors (Lipinski definition) is 3. The van der Waals surface area contributed by atoms with Gasteiger partial charge < -0.3 is 0 Å². The molecule has 9 heteroatoms. The van der Waals surface area contributed by atoms with E-state index in [1.54, 1.807) is 0 Å². The number of alkyl halides is 3. The monoisotopic (exact) mass is 287 g/mol. The second kappa shape index (κ2) is 5.21. The second-order valence-corrected chi connectivity index (χ2v) is 5.04. The third-order valence-corrected chi connectivity index (χ3v) is 3.01. The molecular weight excluding hydrogens is 278 g/mol. The molecular formula is C9H9F4NO3S. The molecule has 0 aliphatic rings. The van der Waals surface area contributed by atoms with E-state index in [9.17, 15) is 26.0 Å². The minimum absolute atomic E-state index is 0.438. The molecule has 0 saturated carbocycles. The van der Waals surface area contributed by atoms with Gasteiger partial charge in [-0.05, 0) is 24.6 Å². The molecule has 0 radical (unpaired) electrons. The molecule has 0 aliphatic heterocycles. The summed E-state index contributed by atoms with van der Waals surface area (Å²) >= 11 is 0. The van der Waals surface area contributed by atoms with E-state index >= 15 is 0 Å². The van der Waals surface area contributed by atoms with Crippen LogP contribution in [0.1, 0.15) is 5.56 Å². The summed E-state index contributed by atoms with van der Waals surface area (Å²) < 4.78 is 71.4. The first kappa shape index (κ1) is 14.9. The van der Waals surface area contributed by atoms with Gasteiger partial charge in [-0.2, -0.15) is 13.2 Å². The number of aryl methyl sites for hydroxylation is 1. The number of sulfonamides is 1. The van der Waals surface area contributed by atoms with E-state index in [4.69, 9.17) is 0 Å². The molecule has 4 nitrogen and oxygen atoms in total. The maximum absolute atomic E-state index is 13.2. The van der Waals surface area contributed by atoms with E-state index in [1.165, 1.54) is 17.9 Å². The summed E-state index contributed by atoms with van der Waals surface area (Å²) in [5.74, 6) is -1.08. The Morgan fingerprint density at radius 3 is 2.50 bits per heavy atom. The first-order chi connectivity index (χ1) is 8.12. The van der Waals surface area contributed by atoms with Gasteiger partial charge in [0.05, 0.1) is 0 Å². The van der Waals surface area contributed by atoms with Gasteiger partial charge >= 0.3 is 6.18 Å². The van der Waals surface area contributed by atoms with Crippen molar-refractivity contribution in [3.8, 4) is 0 Å². The predicted molar refractivity (Wildman–Crippen MR) is 53.5 cm³/mol. The highest BCUT2D eigenvalue weighted by molar-refractivity contribution is 7.89. The summed E-state index contributed by atoms with van der Waals surface area (Å²) in [6, 6.07) is 3.20. The average Bonchev–Trinajstić information content (AvgIpc) is 2.19. The van der Waals surface area contributed by atoms with Gasteiger partial charge in [-0.15, -0.1) is 0 Å². The van der Waals surface area contributed by atoms with Gasteiger partial charge in [-0.3, -0.25) is 4.84 Å². The average molecular weight is 287 g/mol. The van der Waals surface area contributed by atoms with Crippen molar-refractivity contribution in [2.75, 3.05) is 6.61 Å². The predicted octanol–water partition coefficient (Wildman–Crippen LogP) is 1.91. The van der Waals surface area contributed by atoms with Crippen molar-refractivity contribution in [3.05, 3.63) is 29.6 Å². The molecule has 0 heterocycles. The van der Waals surface area contributed by atoms with Gasteiger partial charge in [0.15, 0.2) is 6.61 Å². The quantitative estimate of drug-likeness (QED) is 0.680. The summed E-state index contributed by atoms with van der Waals surface area (Å²) in [6.07, 6.45) is -4.69. The normalized spacial score (nSPS) is 12.7. The van der Waals surface area contributed by atoms with E-state index in [2.05, 4.69) is 4.84 Å². The van der Waals surface area contributed by atoms with E-state index in [1.807, 2.05) is 0 Å². The fourth-order valence-electron chi connectivity index (χ4n) is 1.05. The Morgan fingerprint density at radius 1 is 1.33 bits per heavy atom. The van der Waals surface area contributed by atoms with E-state index < -0.39 is 33.5 Å². The van der Waals surface area contributed by atoms with Crippen LogP contribution in [0.2, 0.25) is 0 Å². The zero-order valence-corrected chi connectivity index (χ0v) is 9.90. The summed E-state index contributed by atoms with van der Waals surface area (Å²) in [6.45, 7) is -0.297. The molecule has 0 amide bonds. The smallest absolute Gasteiger partial charge is 0.277 e. The summed E-state index contributed by atoms with van der Waals surface area (Å²) in [7, 11) is -4.48. The van der Waals surface area contributed by atoms with E-state index in [0.717, 1.165) is 12.1 Å². The van der Waals surface area contributed by atoms with Crippen LogP contribution in [0.15, 0.2) is 23.1 Å². The number of rotatable bonds is 4. The highest BCUT2D eigenvalue weighted by atomic mass is 32.2. The van der Waals surface area contributed by atoms with Crippen LogP contribution in [-0.2, 0) is 14.9 Å². The number of halogens is 4. The van der Waals surface area contributed by atoms with Crippen molar-refractivity contribution in [2.45, 2.75) is 18.0 Å². The van der Waals surface area contributed by atoms with Crippen LogP contribution in [0, 0.1) is 12.7 Å². The lowest BCUT2D eigenvalue weighted by molar-refractivity contribution is -0.181. The first-order valence-corrected chi connectivity index (χ1v) is 6.07. The van der Waals surface area contributed by atoms with Crippen molar-refractivity contribution in [2.24, 2.45) is 0 Å². The van der Waals surface area contributed by atoms with Crippen molar-refractivity contribution in [3.63, 3.8) is 0 Å². The lowest BCUT2D eigenvalue weighted by Gasteiger charge is -2.10. The molecule has 0 aliphatic carbocycles. The van der Waals surface area contributed by atoms with Crippen molar-refractivity contribution >= 4 is 10.0 Å². The largest absolute Gasteiger partial charge is 0.413 e. The van der Waals surface area contributed by atoms with Crippen LogP contribution in [-0.4, -0.2) is 21.2 Å². The molecule has 102 valence electrons. The van der Waals surface area contributed by atoms with Crippen LogP contribution in [0.5, 0.6) is 0 Å². The number of hydrogen-bond donors (Lipinski definition) is 1. The van der Waals surface area contributed by atoms with Crippen molar-refractivity contribution in [1.82, 2.24) is 4.89 Å². The Morgan fingerprint density at radius 2 is 1.94 bits per heavy atom. The molecule has 1 aromatic rings. The topological polar surface area (TPSA) is 55.4 Å². The van der Waals surface area contributed by atoms with Crippen LogP contribution in [0.4, 0.5) is 17.6 Å². The molecule has 18 heavy (non-hydrogen) atoms. The third kappa shape index (κ3) is 4.24. The zero-order chi connectivity index (χ0) is 14.0.